The Kier molecular flexibility index (Phi) is 4.14. The van der Waals surface area contributed by atoms with E-state index >= 15 is 0 Å². The third-order valence-electron chi connectivity index (χ3n) is 6.06. The fraction of sp³-hybridized carbons (Fsp3) is 0.154. The summed E-state index contributed by atoms with van der Waals surface area (Å²) in [6.45, 7) is 5.07. The highest BCUT2D eigenvalue weighted by molar-refractivity contribution is 5.90. The highest BCUT2D eigenvalue weighted by Gasteiger charge is 2.34. The fourth-order valence-electron chi connectivity index (χ4n) is 4.57. The van der Waals surface area contributed by atoms with Crippen LogP contribution in [0, 0.1) is 0 Å². The van der Waals surface area contributed by atoms with E-state index in [2.05, 4.69) is 109 Å². The normalized spacial score (nSPS) is 17.1. The number of likely N-dealkylation sites (N-methyl/N-ethyl adjacent to an activating group) is 1. The molecule has 0 bridgehead atoms. The van der Waals surface area contributed by atoms with Gasteiger partial charge in [-0.25, -0.2) is 0 Å². The molecule has 0 aliphatic carbocycles. The molecule has 2 nitrogen and oxygen atoms in total. The van der Waals surface area contributed by atoms with Gasteiger partial charge in [-0.1, -0.05) is 91.5 Å². The van der Waals surface area contributed by atoms with E-state index < -0.39 is 0 Å². The first-order valence-corrected chi connectivity index (χ1v) is 9.83. The van der Waals surface area contributed by atoms with Gasteiger partial charge >= 0.3 is 0 Å². The van der Waals surface area contributed by atoms with E-state index in [4.69, 9.17) is 0 Å². The van der Waals surface area contributed by atoms with E-state index in [1.54, 1.807) is 0 Å². The number of nitrogens with zero attached hydrogens (tertiary/aromatic N) is 1. The Balaban J connectivity index is 1.80. The molecular formula is C26H24N2. The topological polar surface area (TPSA) is 15.3 Å². The van der Waals surface area contributed by atoms with Gasteiger partial charge in [0.15, 0.2) is 0 Å². The predicted octanol–water partition coefficient (Wildman–Crippen LogP) is 5.50. The number of rotatable bonds is 3. The number of hydrogen-bond donors (Lipinski definition) is 1. The molecule has 0 spiro atoms. The molecule has 138 valence electrons. The maximum atomic E-state index is 4.24. The fourth-order valence-corrected chi connectivity index (χ4v) is 4.57. The van der Waals surface area contributed by atoms with Crippen molar-refractivity contribution in [1.29, 1.82) is 0 Å². The lowest BCUT2D eigenvalue weighted by Crippen LogP contribution is -2.39. The number of hydrogen-bond acceptors (Lipinski definition) is 2. The molecule has 1 heterocycles. The van der Waals surface area contributed by atoms with Gasteiger partial charge < -0.3 is 4.90 Å². The second kappa shape index (κ2) is 6.81. The zero-order valence-corrected chi connectivity index (χ0v) is 16.1. The first-order valence-electron chi connectivity index (χ1n) is 9.83. The second-order valence-electron chi connectivity index (χ2n) is 7.62. The maximum absolute atomic E-state index is 4.24. The van der Waals surface area contributed by atoms with Gasteiger partial charge in [-0.15, -0.1) is 0 Å². The summed E-state index contributed by atoms with van der Waals surface area (Å²) >= 11 is 0. The molecule has 1 atom stereocenters. The SMILES string of the molecule is C=C1CNC(C(c2cccc3ccccc23)c2cccc3ccccc23)N1C. The zero-order valence-electron chi connectivity index (χ0n) is 16.1. The molecule has 0 aromatic heterocycles. The van der Waals surface area contributed by atoms with Gasteiger partial charge in [0.05, 0.1) is 6.17 Å². The molecule has 1 N–H and O–H groups in total. The van der Waals surface area contributed by atoms with Crippen molar-refractivity contribution in [1.82, 2.24) is 10.2 Å². The van der Waals surface area contributed by atoms with Gasteiger partial charge in [-0.3, -0.25) is 5.32 Å². The summed E-state index contributed by atoms with van der Waals surface area (Å²) in [4.78, 5) is 2.30. The van der Waals surface area contributed by atoms with Gasteiger partial charge in [-0.2, -0.15) is 0 Å². The van der Waals surface area contributed by atoms with Crippen LogP contribution in [0.3, 0.4) is 0 Å². The molecule has 2 heteroatoms. The Labute approximate surface area is 166 Å². The minimum absolute atomic E-state index is 0.170. The van der Waals surface area contributed by atoms with Crippen molar-refractivity contribution in [2.75, 3.05) is 13.6 Å². The third-order valence-corrected chi connectivity index (χ3v) is 6.06. The van der Waals surface area contributed by atoms with Crippen LogP contribution in [-0.2, 0) is 0 Å². The lowest BCUT2D eigenvalue weighted by molar-refractivity contribution is 0.302. The van der Waals surface area contributed by atoms with E-state index in [0.29, 0.717) is 0 Å². The van der Waals surface area contributed by atoms with E-state index in [9.17, 15) is 0 Å². The largest absolute Gasteiger partial charge is 0.361 e. The number of benzene rings is 4. The first kappa shape index (κ1) is 17.0. The third kappa shape index (κ3) is 2.69. The van der Waals surface area contributed by atoms with E-state index in [-0.39, 0.29) is 12.1 Å². The summed E-state index contributed by atoms with van der Waals surface area (Å²) in [6, 6.07) is 30.7. The standard InChI is InChI=1S/C26H24N2/c1-18-17-27-26(28(18)2)25(23-15-7-11-19-9-3-5-13-21(19)23)24-16-8-12-20-10-4-6-14-22(20)24/h3-16,25-27H,1,17H2,2H3. The van der Waals surface area contributed by atoms with Gasteiger partial charge in [0.25, 0.3) is 0 Å². The van der Waals surface area contributed by atoms with Crippen molar-refractivity contribution < 1.29 is 0 Å². The molecule has 4 aromatic carbocycles. The molecule has 1 saturated heterocycles. The van der Waals surface area contributed by atoms with Crippen molar-refractivity contribution in [2.24, 2.45) is 0 Å². The minimum Gasteiger partial charge on any atom is -0.361 e. The molecule has 1 fully saturated rings. The zero-order chi connectivity index (χ0) is 19.1. The van der Waals surface area contributed by atoms with Gasteiger partial charge in [-0.05, 0) is 32.7 Å². The van der Waals surface area contributed by atoms with Crippen LogP contribution in [0.5, 0.6) is 0 Å². The molecular weight excluding hydrogens is 340 g/mol. The monoisotopic (exact) mass is 364 g/mol. The Bertz CT molecular complexity index is 1090. The Hall–Kier alpha value is -3.10. The molecule has 0 amide bonds. The highest BCUT2D eigenvalue weighted by atomic mass is 15.3. The van der Waals surface area contributed by atoms with Crippen LogP contribution in [0.2, 0.25) is 0 Å². The van der Waals surface area contributed by atoms with Crippen LogP contribution < -0.4 is 5.32 Å². The van der Waals surface area contributed by atoms with Crippen LogP contribution in [0.15, 0.2) is 97.2 Å². The minimum atomic E-state index is 0.170. The van der Waals surface area contributed by atoms with Gasteiger partial charge in [0.1, 0.15) is 0 Å². The van der Waals surface area contributed by atoms with E-state index in [1.165, 1.54) is 32.7 Å². The van der Waals surface area contributed by atoms with Crippen LogP contribution in [-0.4, -0.2) is 24.7 Å². The Morgan fingerprint density at radius 1 is 0.786 bits per heavy atom. The van der Waals surface area contributed by atoms with Gasteiger partial charge in [0, 0.05) is 25.2 Å². The molecule has 0 radical (unpaired) electrons. The summed E-state index contributed by atoms with van der Waals surface area (Å²) in [5, 5.41) is 8.90. The van der Waals surface area contributed by atoms with Crippen molar-refractivity contribution in [3.63, 3.8) is 0 Å². The van der Waals surface area contributed by atoms with Crippen molar-refractivity contribution in [3.05, 3.63) is 108 Å². The van der Waals surface area contributed by atoms with Crippen molar-refractivity contribution in [2.45, 2.75) is 12.1 Å². The molecule has 5 rings (SSSR count). The maximum Gasteiger partial charge on any atom is 0.0904 e. The lowest BCUT2D eigenvalue weighted by Gasteiger charge is -2.32. The van der Waals surface area contributed by atoms with Crippen LogP contribution in [0.4, 0.5) is 0 Å². The van der Waals surface area contributed by atoms with Gasteiger partial charge in [0.2, 0.25) is 0 Å². The molecule has 1 unspecified atom stereocenters. The van der Waals surface area contributed by atoms with Crippen molar-refractivity contribution in [3.8, 4) is 0 Å². The van der Waals surface area contributed by atoms with Crippen molar-refractivity contribution >= 4 is 21.5 Å². The summed E-state index contributed by atoms with van der Waals surface area (Å²) in [5.74, 6) is 0.196. The van der Waals surface area contributed by atoms with Crippen LogP contribution in [0.1, 0.15) is 17.0 Å². The first-order chi connectivity index (χ1) is 13.7. The smallest absolute Gasteiger partial charge is 0.0904 e. The molecule has 1 aliphatic rings. The summed E-state index contributed by atoms with van der Waals surface area (Å²) < 4.78 is 0. The molecule has 28 heavy (non-hydrogen) atoms. The highest BCUT2D eigenvalue weighted by Crippen LogP contribution is 2.39. The summed E-state index contributed by atoms with van der Waals surface area (Å²) in [7, 11) is 2.15. The molecule has 4 aromatic rings. The summed E-state index contributed by atoms with van der Waals surface area (Å²) in [6.07, 6.45) is 0.170. The van der Waals surface area contributed by atoms with E-state index in [0.717, 1.165) is 12.2 Å². The Morgan fingerprint density at radius 3 is 1.79 bits per heavy atom. The summed E-state index contributed by atoms with van der Waals surface area (Å²) in [5.41, 5.74) is 3.84. The molecule has 0 saturated carbocycles. The second-order valence-corrected chi connectivity index (χ2v) is 7.62. The number of fused-ring (bicyclic) bond motifs is 2. The lowest BCUT2D eigenvalue weighted by atomic mass is 9.83. The van der Waals surface area contributed by atoms with E-state index in [1.807, 2.05) is 0 Å². The van der Waals surface area contributed by atoms with Crippen LogP contribution >= 0.6 is 0 Å². The Morgan fingerprint density at radius 2 is 1.29 bits per heavy atom. The number of nitrogens with one attached hydrogen (secondary N) is 1. The van der Waals surface area contributed by atoms with Crippen LogP contribution in [0.25, 0.3) is 21.5 Å². The average molecular weight is 364 g/mol. The molecule has 1 aliphatic heterocycles. The predicted molar refractivity (Wildman–Crippen MR) is 118 cm³/mol. The quantitative estimate of drug-likeness (QED) is 0.516. The average Bonchev–Trinajstić information content (AvgIpc) is 3.07.